The lowest BCUT2D eigenvalue weighted by atomic mass is 9.90. The van der Waals surface area contributed by atoms with Crippen LogP contribution in [0.3, 0.4) is 0 Å². The van der Waals surface area contributed by atoms with E-state index in [0.717, 1.165) is 0 Å². The van der Waals surface area contributed by atoms with E-state index in [0.29, 0.717) is 5.70 Å². The van der Waals surface area contributed by atoms with Crippen molar-refractivity contribution < 1.29 is 14.5 Å². The number of non-ortho nitro benzene ring substituents is 1. The Bertz CT molecular complexity index is 613. The summed E-state index contributed by atoms with van der Waals surface area (Å²) in [5.74, 6) is -0.520. The molecule has 0 aliphatic heterocycles. The first-order valence-electron chi connectivity index (χ1n) is 6.65. The third-order valence-electron chi connectivity index (χ3n) is 2.80. The van der Waals surface area contributed by atoms with E-state index >= 15 is 0 Å². The van der Waals surface area contributed by atoms with E-state index in [4.69, 9.17) is 0 Å². The molecule has 1 rings (SSSR count). The van der Waals surface area contributed by atoms with Crippen LogP contribution in [0.4, 0.5) is 5.69 Å². The van der Waals surface area contributed by atoms with Crippen molar-refractivity contribution in [2.24, 2.45) is 5.41 Å². The van der Waals surface area contributed by atoms with Crippen LogP contribution in [0.1, 0.15) is 38.1 Å². The molecule has 7 heteroatoms. The highest BCUT2D eigenvalue weighted by atomic mass is 16.6. The fourth-order valence-corrected chi connectivity index (χ4v) is 1.41. The Labute approximate surface area is 128 Å². The molecule has 1 aromatic rings. The summed E-state index contributed by atoms with van der Waals surface area (Å²) >= 11 is 0. The molecular formula is C15H19N3O4. The molecule has 1 amide bonds. The average molecular weight is 305 g/mol. The summed E-state index contributed by atoms with van der Waals surface area (Å²) in [4.78, 5) is 33.7. The monoisotopic (exact) mass is 305 g/mol. The molecule has 1 aromatic carbocycles. The van der Waals surface area contributed by atoms with Gasteiger partial charge in [-0.1, -0.05) is 20.8 Å². The van der Waals surface area contributed by atoms with Crippen molar-refractivity contribution in [2.45, 2.75) is 27.7 Å². The molecule has 0 heterocycles. The Morgan fingerprint density at radius 3 is 2.14 bits per heavy atom. The van der Waals surface area contributed by atoms with Gasteiger partial charge in [0.1, 0.15) is 0 Å². The number of hydrogen-bond donors (Lipinski definition) is 2. The molecule has 0 atom stereocenters. The van der Waals surface area contributed by atoms with Crippen molar-refractivity contribution in [3.8, 4) is 0 Å². The van der Waals surface area contributed by atoms with Crippen LogP contribution >= 0.6 is 0 Å². The van der Waals surface area contributed by atoms with Gasteiger partial charge in [-0.25, -0.2) is 0 Å². The average Bonchev–Trinajstić information content (AvgIpc) is 2.43. The number of nitrogens with one attached hydrogen (secondary N) is 2. The molecule has 0 bridgehead atoms. The molecule has 118 valence electrons. The number of ketones is 1. The first-order chi connectivity index (χ1) is 10.1. The zero-order valence-corrected chi connectivity index (χ0v) is 13.0. The molecule has 0 radical (unpaired) electrons. The van der Waals surface area contributed by atoms with E-state index in [1.165, 1.54) is 30.3 Å². The fourth-order valence-electron chi connectivity index (χ4n) is 1.41. The van der Waals surface area contributed by atoms with Crippen LogP contribution in [-0.4, -0.2) is 16.6 Å². The second-order valence-corrected chi connectivity index (χ2v) is 5.82. The number of nitro groups is 1. The van der Waals surface area contributed by atoms with Gasteiger partial charge in [-0.2, -0.15) is 0 Å². The Morgan fingerprint density at radius 1 is 1.14 bits per heavy atom. The fraction of sp³-hybridized carbons (Fsp3) is 0.333. The SMILES string of the molecule is CC(=CC(=O)C(C)(C)C)NNC(=O)c1ccc([N+](=O)[O-])cc1. The predicted octanol–water partition coefficient (Wildman–Crippen LogP) is 2.35. The summed E-state index contributed by atoms with van der Waals surface area (Å²) < 4.78 is 0. The summed E-state index contributed by atoms with van der Waals surface area (Å²) in [6, 6.07) is 5.21. The van der Waals surface area contributed by atoms with Gasteiger partial charge in [-0.05, 0) is 19.1 Å². The van der Waals surface area contributed by atoms with Gasteiger partial charge in [0.05, 0.1) is 4.92 Å². The van der Waals surface area contributed by atoms with Crippen LogP contribution in [0.15, 0.2) is 36.0 Å². The lowest BCUT2D eigenvalue weighted by Crippen LogP contribution is -2.36. The topological polar surface area (TPSA) is 101 Å². The number of carbonyl (C=O) groups is 2. The lowest BCUT2D eigenvalue weighted by molar-refractivity contribution is -0.384. The van der Waals surface area contributed by atoms with Gasteiger partial charge in [0.15, 0.2) is 5.78 Å². The number of allylic oxidation sites excluding steroid dienone is 2. The van der Waals surface area contributed by atoms with Crippen LogP contribution in [0.2, 0.25) is 0 Å². The molecule has 7 nitrogen and oxygen atoms in total. The molecule has 0 aromatic heterocycles. The Balaban J connectivity index is 2.64. The van der Waals surface area contributed by atoms with Crippen LogP contribution in [0, 0.1) is 15.5 Å². The van der Waals surface area contributed by atoms with Gasteiger partial charge in [0, 0.05) is 34.9 Å². The zero-order valence-electron chi connectivity index (χ0n) is 13.0. The number of carbonyl (C=O) groups excluding carboxylic acids is 2. The Morgan fingerprint density at radius 2 is 1.68 bits per heavy atom. The van der Waals surface area contributed by atoms with Crippen LogP contribution in [-0.2, 0) is 4.79 Å². The molecule has 0 spiro atoms. The highest BCUT2D eigenvalue weighted by Gasteiger charge is 2.19. The molecule has 22 heavy (non-hydrogen) atoms. The van der Waals surface area contributed by atoms with E-state index < -0.39 is 16.2 Å². The number of nitro benzene ring substituents is 1. The summed E-state index contributed by atoms with van der Waals surface area (Å²) in [6.45, 7) is 7.05. The first kappa shape index (κ1) is 17.4. The predicted molar refractivity (Wildman–Crippen MR) is 81.9 cm³/mol. The summed E-state index contributed by atoms with van der Waals surface area (Å²) in [5.41, 5.74) is 5.24. The van der Waals surface area contributed by atoms with Crippen LogP contribution in [0.25, 0.3) is 0 Å². The minimum Gasteiger partial charge on any atom is -0.303 e. The largest absolute Gasteiger partial charge is 0.303 e. The molecule has 0 fully saturated rings. The Kier molecular flexibility index (Phi) is 5.39. The maximum absolute atomic E-state index is 11.9. The number of hydrazine groups is 1. The van der Waals surface area contributed by atoms with Crippen molar-refractivity contribution >= 4 is 17.4 Å². The van der Waals surface area contributed by atoms with Gasteiger partial charge in [-0.15, -0.1) is 0 Å². The maximum atomic E-state index is 11.9. The quantitative estimate of drug-likeness (QED) is 0.494. The number of amides is 1. The minimum atomic E-state index is -0.537. The van der Waals surface area contributed by atoms with Crippen molar-refractivity contribution in [3.05, 3.63) is 51.7 Å². The van der Waals surface area contributed by atoms with Gasteiger partial charge in [0.2, 0.25) is 0 Å². The molecule has 2 N–H and O–H groups in total. The number of rotatable bonds is 5. The molecule has 0 saturated carbocycles. The summed E-state index contributed by atoms with van der Waals surface area (Å²) in [7, 11) is 0. The molecule has 0 unspecified atom stereocenters. The summed E-state index contributed by atoms with van der Waals surface area (Å²) in [6.07, 6.45) is 1.41. The normalized spacial score (nSPS) is 11.7. The third-order valence-corrected chi connectivity index (χ3v) is 2.80. The van der Waals surface area contributed by atoms with E-state index in [-0.39, 0.29) is 17.0 Å². The molecule has 0 aliphatic carbocycles. The molecule has 0 aliphatic rings. The van der Waals surface area contributed by atoms with Crippen LogP contribution in [0.5, 0.6) is 0 Å². The molecular weight excluding hydrogens is 286 g/mol. The number of benzene rings is 1. The van der Waals surface area contributed by atoms with E-state index in [2.05, 4.69) is 10.9 Å². The Hall–Kier alpha value is -2.70. The van der Waals surface area contributed by atoms with Gasteiger partial charge in [-0.3, -0.25) is 25.1 Å². The number of hydrogen-bond acceptors (Lipinski definition) is 5. The van der Waals surface area contributed by atoms with E-state index in [9.17, 15) is 19.7 Å². The maximum Gasteiger partial charge on any atom is 0.269 e. The highest BCUT2D eigenvalue weighted by molar-refractivity contribution is 5.95. The second kappa shape index (κ2) is 6.84. The van der Waals surface area contributed by atoms with Crippen molar-refractivity contribution in [1.29, 1.82) is 0 Å². The van der Waals surface area contributed by atoms with Gasteiger partial charge < -0.3 is 5.43 Å². The number of nitrogens with zero attached hydrogens (tertiary/aromatic N) is 1. The van der Waals surface area contributed by atoms with Crippen molar-refractivity contribution in [2.75, 3.05) is 0 Å². The second-order valence-electron chi connectivity index (χ2n) is 5.82. The summed E-state index contributed by atoms with van der Waals surface area (Å²) in [5, 5.41) is 10.5. The van der Waals surface area contributed by atoms with E-state index in [1.54, 1.807) is 27.7 Å². The van der Waals surface area contributed by atoms with Gasteiger partial charge >= 0.3 is 0 Å². The first-order valence-corrected chi connectivity index (χ1v) is 6.65. The molecule has 0 saturated heterocycles. The van der Waals surface area contributed by atoms with Crippen LogP contribution < -0.4 is 10.9 Å². The van der Waals surface area contributed by atoms with Gasteiger partial charge in [0.25, 0.3) is 11.6 Å². The standard InChI is InChI=1S/C15H19N3O4/c1-10(9-13(19)15(2,3)4)16-17-14(20)11-5-7-12(8-6-11)18(21)22/h5-9,16H,1-4H3,(H,17,20). The smallest absolute Gasteiger partial charge is 0.269 e. The minimum absolute atomic E-state index is 0.0675. The zero-order chi connectivity index (χ0) is 16.9. The lowest BCUT2D eigenvalue weighted by Gasteiger charge is -2.15. The van der Waals surface area contributed by atoms with E-state index in [1.807, 2.05) is 0 Å². The van der Waals surface area contributed by atoms with Crippen molar-refractivity contribution in [3.63, 3.8) is 0 Å². The van der Waals surface area contributed by atoms with Crippen molar-refractivity contribution in [1.82, 2.24) is 10.9 Å². The third kappa shape index (κ3) is 5.01. The highest BCUT2D eigenvalue weighted by Crippen LogP contribution is 2.15.